The van der Waals surface area contributed by atoms with E-state index in [2.05, 4.69) is 10.6 Å². The average molecular weight is 291 g/mol. The maximum absolute atomic E-state index is 11.9. The quantitative estimate of drug-likeness (QED) is 0.771. The average Bonchev–Trinajstić information content (AvgIpc) is 2.39. The summed E-state index contributed by atoms with van der Waals surface area (Å²) in [4.78, 5) is 23.2. The van der Waals surface area contributed by atoms with Crippen LogP contribution < -0.4 is 16.4 Å². The van der Waals surface area contributed by atoms with E-state index in [4.69, 9.17) is 5.73 Å². The lowest BCUT2D eigenvalue weighted by Crippen LogP contribution is -2.38. The number of rotatable bonds is 5. The van der Waals surface area contributed by atoms with Crippen molar-refractivity contribution < 1.29 is 9.59 Å². The lowest BCUT2D eigenvalue weighted by atomic mass is 9.85. The van der Waals surface area contributed by atoms with Crippen molar-refractivity contribution in [2.75, 3.05) is 12.4 Å². The van der Waals surface area contributed by atoms with Crippen molar-refractivity contribution in [1.82, 2.24) is 5.32 Å². The molecule has 0 aliphatic rings. The molecule has 0 heterocycles. The molecule has 4 N–H and O–H groups in total. The van der Waals surface area contributed by atoms with Crippen LogP contribution in [0.3, 0.4) is 0 Å². The van der Waals surface area contributed by atoms with Gasteiger partial charge in [-0.15, -0.1) is 0 Å². The van der Waals surface area contributed by atoms with E-state index in [0.717, 1.165) is 5.56 Å². The van der Waals surface area contributed by atoms with Crippen molar-refractivity contribution >= 4 is 17.5 Å². The van der Waals surface area contributed by atoms with Crippen LogP contribution in [-0.4, -0.2) is 24.9 Å². The second-order valence-corrected chi connectivity index (χ2v) is 6.27. The molecule has 5 nitrogen and oxygen atoms in total. The first-order valence-corrected chi connectivity index (χ1v) is 7.07. The van der Waals surface area contributed by atoms with Crippen molar-refractivity contribution in [2.45, 2.75) is 39.7 Å². The van der Waals surface area contributed by atoms with Crippen LogP contribution >= 0.6 is 0 Å². The first-order chi connectivity index (χ1) is 9.72. The number of likely N-dealkylation sites (N-methyl/N-ethyl adjacent to an activating group) is 1. The van der Waals surface area contributed by atoms with E-state index in [1.807, 2.05) is 32.9 Å². The van der Waals surface area contributed by atoms with Crippen LogP contribution in [0, 0.1) is 5.41 Å². The van der Waals surface area contributed by atoms with Gasteiger partial charge in [0.2, 0.25) is 11.8 Å². The number of nitrogens with one attached hydrogen (secondary N) is 2. The molecule has 1 aromatic carbocycles. The number of carbonyl (C=O) groups excluding carboxylic acids is 2. The minimum absolute atomic E-state index is 0.0389. The summed E-state index contributed by atoms with van der Waals surface area (Å²) >= 11 is 0. The fourth-order valence-electron chi connectivity index (χ4n) is 1.70. The van der Waals surface area contributed by atoms with E-state index in [1.165, 1.54) is 0 Å². The molecule has 0 aliphatic carbocycles. The van der Waals surface area contributed by atoms with Gasteiger partial charge in [0.05, 0.1) is 6.42 Å². The molecular weight excluding hydrogens is 266 g/mol. The van der Waals surface area contributed by atoms with Crippen LogP contribution in [0.25, 0.3) is 0 Å². The molecule has 0 aromatic heterocycles. The van der Waals surface area contributed by atoms with Crippen molar-refractivity contribution in [3.63, 3.8) is 0 Å². The smallest absolute Gasteiger partial charge is 0.225 e. The van der Waals surface area contributed by atoms with Crippen LogP contribution in [0.2, 0.25) is 0 Å². The second-order valence-electron chi connectivity index (χ2n) is 6.27. The zero-order valence-electron chi connectivity index (χ0n) is 13.2. The minimum Gasteiger partial charge on any atom is -0.359 e. The van der Waals surface area contributed by atoms with E-state index in [0.29, 0.717) is 12.1 Å². The van der Waals surface area contributed by atoms with Crippen LogP contribution in [0.5, 0.6) is 0 Å². The lowest BCUT2D eigenvalue weighted by molar-refractivity contribution is -0.120. The van der Waals surface area contributed by atoms with Crippen LogP contribution in [0.15, 0.2) is 24.3 Å². The third-order valence-electron chi connectivity index (χ3n) is 3.40. The Morgan fingerprint density at radius 2 is 1.71 bits per heavy atom. The Hall–Kier alpha value is -1.88. The SMILES string of the molecule is CNC(=O)Cc1ccc(NC(=O)CC(N)C(C)(C)C)cc1. The van der Waals surface area contributed by atoms with Crippen molar-refractivity contribution in [2.24, 2.45) is 11.1 Å². The van der Waals surface area contributed by atoms with Gasteiger partial charge in [-0.25, -0.2) is 0 Å². The Balaban J connectivity index is 2.56. The summed E-state index contributed by atoms with van der Waals surface area (Å²) < 4.78 is 0. The number of hydrogen-bond donors (Lipinski definition) is 3. The van der Waals surface area contributed by atoms with Crippen LogP contribution in [0.1, 0.15) is 32.8 Å². The standard InChI is InChI=1S/C16H25N3O2/c1-16(2,3)13(17)10-15(21)19-12-7-5-11(6-8-12)9-14(20)18-4/h5-8,13H,9-10,17H2,1-4H3,(H,18,20)(H,19,21). The molecule has 1 unspecified atom stereocenters. The molecular formula is C16H25N3O2. The number of anilines is 1. The fourth-order valence-corrected chi connectivity index (χ4v) is 1.70. The molecule has 5 heteroatoms. The van der Waals surface area contributed by atoms with E-state index in [1.54, 1.807) is 19.2 Å². The molecule has 21 heavy (non-hydrogen) atoms. The number of benzene rings is 1. The second kappa shape index (κ2) is 7.22. The third kappa shape index (κ3) is 5.95. The largest absolute Gasteiger partial charge is 0.359 e. The number of nitrogens with two attached hydrogens (primary N) is 1. The van der Waals surface area contributed by atoms with Gasteiger partial charge in [0.15, 0.2) is 0 Å². The Morgan fingerprint density at radius 1 is 1.14 bits per heavy atom. The summed E-state index contributed by atoms with van der Waals surface area (Å²) in [5.74, 6) is -0.139. The topological polar surface area (TPSA) is 84.2 Å². The third-order valence-corrected chi connectivity index (χ3v) is 3.40. The lowest BCUT2D eigenvalue weighted by Gasteiger charge is -2.26. The molecule has 1 aromatic rings. The van der Waals surface area contributed by atoms with Crippen LogP contribution in [0.4, 0.5) is 5.69 Å². The summed E-state index contributed by atoms with van der Waals surface area (Å²) in [7, 11) is 1.61. The maximum atomic E-state index is 11.9. The molecule has 0 saturated heterocycles. The summed E-state index contributed by atoms with van der Waals surface area (Å²) in [5, 5.41) is 5.39. The van der Waals surface area contributed by atoms with Crippen molar-refractivity contribution in [3.05, 3.63) is 29.8 Å². The van der Waals surface area contributed by atoms with Gasteiger partial charge in [-0.1, -0.05) is 32.9 Å². The van der Waals surface area contributed by atoms with Gasteiger partial charge in [0.1, 0.15) is 0 Å². The summed E-state index contributed by atoms with van der Waals surface area (Å²) in [6.45, 7) is 6.04. The Labute approximate surface area is 126 Å². The highest BCUT2D eigenvalue weighted by Gasteiger charge is 2.23. The predicted molar refractivity (Wildman–Crippen MR) is 84.9 cm³/mol. The molecule has 0 spiro atoms. The van der Waals surface area contributed by atoms with Crippen LogP contribution in [-0.2, 0) is 16.0 Å². The molecule has 0 aliphatic heterocycles. The van der Waals surface area contributed by atoms with E-state index >= 15 is 0 Å². The van der Waals surface area contributed by atoms with Gasteiger partial charge in [-0.05, 0) is 23.1 Å². The van der Waals surface area contributed by atoms with Crippen molar-refractivity contribution in [1.29, 1.82) is 0 Å². The minimum atomic E-state index is -0.190. The monoisotopic (exact) mass is 291 g/mol. The van der Waals surface area contributed by atoms with E-state index in [-0.39, 0.29) is 29.7 Å². The first kappa shape index (κ1) is 17.2. The highest BCUT2D eigenvalue weighted by molar-refractivity contribution is 5.91. The summed E-state index contributed by atoms with van der Waals surface area (Å²) in [6, 6.07) is 7.05. The Kier molecular flexibility index (Phi) is 5.90. The number of hydrogen-bond acceptors (Lipinski definition) is 3. The summed E-state index contributed by atoms with van der Waals surface area (Å²) in [5.41, 5.74) is 7.50. The summed E-state index contributed by atoms with van der Waals surface area (Å²) in [6.07, 6.45) is 0.614. The number of amides is 2. The Bertz CT molecular complexity index is 489. The molecule has 2 amide bonds. The van der Waals surface area contributed by atoms with Crippen molar-refractivity contribution in [3.8, 4) is 0 Å². The highest BCUT2D eigenvalue weighted by Crippen LogP contribution is 2.20. The molecule has 1 rings (SSSR count). The normalized spacial score (nSPS) is 12.6. The Morgan fingerprint density at radius 3 is 2.19 bits per heavy atom. The number of carbonyl (C=O) groups is 2. The highest BCUT2D eigenvalue weighted by atomic mass is 16.2. The molecule has 1 atom stereocenters. The molecule has 116 valence electrons. The fraction of sp³-hybridized carbons (Fsp3) is 0.500. The van der Waals surface area contributed by atoms with E-state index in [9.17, 15) is 9.59 Å². The molecule has 0 saturated carbocycles. The van der Waals surface area contributed by atoms with Gasteiger partial charge in [0.25, 0.3) is 0 Å². The molecule has 0 fully saturated rings. The predicted octanol–water partition coefficient (Wildman–Crippen LogP) is 1.68. The van der Waals surface area contributed by atoms with Gasteiger partial charge in [-0.2, -0.15) is 0 Å². The first-order valence-electron chi connectivity index (χ1n) is 7.07. The molecule has 0 radical (unpaired) electrons. The van der Waals surface area contributed by atoms with E-state index < -0.39 is 0 Å². The zero-order chi connectivity index (χ0) is 16.0. The van der Waals surface area contributed by atoms with Gasteiger partial charge >= 0.3 is 0 Å². The molecule has 0 bridgehead atoms. The van der Waals surface area contributed by atoms with Gasteiger partial charge in [-0.3, -0.25) is 9.59 Å². The zero-order valence-corrected chi connectivity index (χ0v) is 13.2. The van der Waals surface area contributed by atoms with Gasteiger partial charge in [0, 0.05) is 25.2 Å². The van der Waals surface area contributed by atoms with Gasteiger partial charge < -0.3 is 16.4 Å². The maximum Gasteiger partial charge on any atom is 0.225 e.